The first-order valence-electron chi connectivity index (χ1n) is 11.8. The fraction of sp³-hybridized carbons (Fsp3) is 0.917. The zero-order valence-corrected chi connectivity index (χ0v) is 19.5. The number of esters is 1. The molecule has 2 fully saturated rings. The van der Waals surface area contributed by atoms with Gasteiger partial charge in [0.15, 0.2) is 0 Å². The quantitative estimate of drug-likeness (QED) is 0.578. The lowest BCUT2D eigenvalue weighted by molar-refractivity contribution is -0.155. The van der Waals surface area contributed by atoms with Crippen LogP contribution >= 0.6 is 0 Å². The van der Waals surface area contributed by atoms with Gasteiger partial charge in [0.1, 0.15) is 17.7 Å². The van der Waals surface area contributed by atoms with Crippen LogP contribution in [0.2, 0.25) is 0 Å². The van der Waals surface area contributed by atoms with Crippen molar-refractivity contribution in [3.05, 3.63) is 0 Å². The maximum atomic E-state index is 12.9. The smallest absolute Gasteiger partial charge is 0.408 e. The Balaban J connectivity index is 2.11. The summed E-state index contributed by atoms with van der Waals surface area (Å²) in [5, 5.41) is 2.76. The van der Waals surface area contributed by atoms with Crippen molar-refractivity contribution < 1.29 is 19.1 Å². The van der Waals surface area contributed by atoms with E-state index < -0.39 is 17.7 Å². The Morgan fingerprint density at radius 3 is 2.38 bits per heavy atom. The Labute approximate surface area is 177 Å². The fourth-order valence-corrected chi connectivity index (χ4v) is 5.20. The first-order valence-corrected chi connectivity index (χ1v) is 11.8. The number of nitrogens with one attached hydrogen (secondary N) is 1. The summed E-state index contributed by atoms with van der Waals surface area (Å²) in [7, 11) is 0. The monoisotopic (exact) mass is 409 g/mol. The predicted octanol–water partition coefficient (Wildman–Crippen LogP) is 5.85. The van der Waals surface area contributed by atoms with Crippen molar-refractivity contribution in [3.8, 4) is 0 Å². The van der Waals surface area contributed by atoms with E-state index in [1.165, 1.54) is 38.5 Å². The molecule has 1 aliphatic carbocycles. The molecule has 4 unspecified atom stereocenters. The third-order valence-corrected chi connectivity index (χ3v) is 6.49. The average molecular weight is 410 g/mol. The molecule has 0 spiro atoms. The lowest BCUT2D eigenvalue weighted by Crippen LogP contribution is -2.45. The lowest BCUT2D eigenvalue weighted by Gasteiger charge is -2.36. The molecule has 1 aliphatic heterocycles. The van der Waals surface area contributed by atoms with E-state index in [2.05, 4.69) is 26.1 Å². The fourth-order valence-electron chi connectivity index (χ4n) is 5.20. The van der Waals surface area contributed by atoms with Gasteiger partial charge < -0.3 is 14.8 Å². The van der Waals surface area contributed by atoms with Crippen LogP contribution in [-0.2, 0) is 14.3 Å². The van der Waals surface area contributed by atoms with E-state index in [1.54, 1.807) is 0 Å². The minimum absolute atomic E-state index is 0.108. The second-order valence-electron chi connectivity index (χ2n) is 10.6. The zero-order valence-electron chi connectivity index (χ0n) is 19.5. The average Bonchev–Trinajstić information content (AvgIpc) is 3.10. The number of alkyl carbamates (subject to hydrolysis) is 1. The molecular weight excluding hydrogens is 366 g/mol. The van der Waals surface area contributed by atoms with Crippen LogP contribution in [0.15, 0.2) is 0 Å². The van der Waals surface area contributed by atoms with Crippen LogP contribution in [0.4, 0.5) is 4.79 Å². The molecule has 168 valence electrons. The number of amides is 1. The summed E-state index contributed by atoms with van der Waals surface area (Å²) < 4.78 is 11.3. The highest BCUT2D eigenvalue weighted by Gasteiger charge is 2.39. The molecule has 2 rings (SSSR count). The highest BCUT2D eigenvalue weighted by atomic mass is 16.6. The summed E-state index contributed by atoms with van der Waals surface area (Å²) >= 11 is 0. The molecule has 0 aromatic heterocycles. The largest absolute Gasteiger partial charge is 0.461 e. The van der Waals surface area contributed by atoms with Gasteiger partial charge in [0, 0.05) is 5.92 Å². The van der Waals surface area contributed by atoms with E-state index in [1.807, 2.05) is 20.8 Å². The molecule has 4 atom stereocenters. The van der Waals surface area contributed by atoms with Crippen molar-refractivity contribution in [3.63, 3.8) is 0 Å². The first kappa shape index (κ1) is 24.0. The first-order chi connectivity index (χ1) is 13.6. The maximum Gasteiger partial charge on any atom is 0.408 e. The van der Waals surface area contributed by atoms with Crippen LogP contribution in [0.5, 0.6) is 0 Å². The zero-order chi connectivity index (χ0) is 21.6. The number of cyclic esters (lactones) is 1. The van der Waals surface area contributed by atoms with Gasteiger partial charge in [-0.05, 0) is 64.7 Å². The van der Waals surface area contributed by atoms with Gasteiger partial charge in [-0.2, -0.15) is 0 Å². The third kappa shape index (κ3) is 7.82. The molecule has 2 aliphatic rings. The molecule has 1 N–H and O–H groups in total. The number of carbonyl (C=O) groups excluding carboxylic acids is 2. The Bertz CT molecular complexity index is 533. The minimum Gasteiger partial charge on any atom is -0.461 e. The standard InChI is InChI=1S/C24H43NO4/c1-16(2)14-15-19-12-9-13-20(25-23(27)29-24(4,5)6)22(26)28-17(3)21(19)18-10-7-8-11-18/h16-21H,7-15H2,1-6H3,(H,25,27). The minimum atomic E-state index is -0.625. The van der Waals surface area contributed by atoms with Crippen LogP contribution < -0.4 is 5.32 Å². The summed E-state index contributed by atoms with van der Waals surface area (Å²) in [6.07, 6.45) is 9.49. The molecule has 1 amide bonds. The maximum absolute atomic E-state index is 12.9. The SMILES string of the molecule is CC(C)CCC1CCCC(NC(=O)OC(C)(C)C)C(=O)OC(C)C1C1CCCC1. The van der Waals surface area contributed by atoms with E-state index in [4.69, 9.17) is 9.47 Å². The van der Waals surface area contributed by atoms with Gasteiger partial charge in [0.25, 0.3) is 0 Å². The van der Waals surface area contributed by atoms with Crippen molar-refractivity contribution in [1.29, 1.82) is 0 Å². The number of rotatable bonds is 5. The van der Waals surface area contributed by atoms with E-state index in [0.29, 0.717) is 30.1 Å². The van der Waals surface area contributed by atoms with Gasteiger partial charge >= 0.3 is 12.1 Å². The molecule has 5 nitrogen and oxygen atoms in total. The normalized spacial score (nSPS) is 29.7. The molecule has 0 aromatic carbocycles. The Morgan fingerprint density at radius 2 is 1.79 bits per heavy atom. The summed E-state index contributed by atoms with van der Waals surface area (Å²) in [6.45, 7) is 12.1. The van der Waals surface area contributed by atoms with Crippen molar-refractivity contribution in [1.82, 2.24) is 5.32 Å². The summed E-state index contributed by atoms with van der Waals surface area (Å²) in [5.41, 5.74) is -0.588. The topological polar surface area (TPSA) is 64.6 Å². The summed E-state index contributed by atoms with van der Waals surface area (Å²) in [6, 6.07) is -0.625. The van der Waals surface area contributed by atoms with Gasteiger partial charge in [-0.25, -0.2) is 9.59 Å². The number of carbonyl (C=O) groups is 2. The Hall–Kier alpha value is -1.26. The van der Waals surface area contributed by atoms with Gasteiger partial charge in [0.05, 0.1) is 0 Å². The van der Waals surface area contributed by atoms with E-state index >= 15 is 0 Å². The number of hydrogen-bond acceptors (Lipinski definition) is 4. The highest BCUT2D eigenvalue weighted by Crippen LogP contribution is 2.42. The van der Waals surface area contributed by atoms with E-state index in [-0.39, 0.29) is 12.1 Å². The van der Waals surface area contributed by atoms with Crippen LogP contribution in [-0.4, -0.2) is 29.8 Å². The van der Waals surface area contributed by atoms with Crippen LogP contribution in [0, 0.1) is 23.7 Å². The van der Waals surface area contributed by atoms with Crippen molar-refractivity contribution >= 4 is 12.1 Å². The summed E-state index contributed by atoms with van der Waals surface area (Å²) in [5.74, 6) is 2.05. The Kier molecular flexibility index (Phi) is 8.84. The number of hydrogen-bond donors (Lipinski definition) is 1. The number of ether oxygens (including phenoxy) is 2. The molecule has 0 bridgehead atoms. The van der Waals surface area contributed by atoms with E-state index in [9.17, 15) is 9.59 Å². The van der Waals surface area contributed by atoms with Crippen molar-refractivity contribution in [2.75, 3.05) is 0 Å². The third-order valence-electron chi connectivity index (χ3n) is 6.49. The van der Waals surface area contributed by atoms with Gasteiger partial charge in [-0.15, -0.1) is 0 Å². The second-order valence-corrected chi connectivity index (χ2v) is 10.6. The highest BCUT2D eigenvalue weighted by molar-refractivity contribution is 5.81. The molecule has 5 heteroatoms. The molecule has 0 aromatic rings. The van der Waals surface area contributed by atoms with Crippen LogP contribution in [0.1, 0.15) is 99.3 Å². The second kappa shape index (κ2) is 10.7. The molecule has 1 heterocycles. The lowest BCUT2D eigenvalue weighted by atomic mass is 9.73. The van der Waals surface area contributed by atoms with E-state index in [0.717, 1.165) is 12.8 Å². The molecule has 0 radical (unpaired) electrons. The Morgan fingerprint density at radius 1 is 1.14 bits per heavy atom. The van der Waals surface area contributed by atoms with Crippen molar-refractivity contribution in [2.45, 2.75) is 117 Å². The van der Waals surface area contributed by atoms with Crippen molar-refractivity contribution in [2.24, 2.45) is 23.7 Å². The molecule has 1 saturated heterocycles. The van der Waals surface area contributed by atoms with Crippen LogP contribution in [0.25, 0.3) is 0 Å². The van der Waals surface area contributed by atoms with Crippen LogP contribution in [0.3, 0.4) is 0 Å². The van der Waals surface area contributed by atoms with Gasteiger partial charge in [-0.3, -0.25) is 0 Å². The predicted molar refractivity (Wildman–Crippen MR) is 116 cm³/mol. The van der Waals surface area contributed by atoms with Gasteiger partial charge in [-0.1, -0.05) is 52.4 Å². The molecule has 1 saturated carbocycles. The molecular formula is C24H43NO4. The van der Waals surface area contributed by atoms with Gasteiger partial charge in [0.2, 0.25) is 0 Å². The molecule has 29 heavy (non-hydrogen) atoms. The summed E-state index contributed by atoms with van der Waals surface area (Å²) in [4.78, 5) is 25.1.